The Balaban J connectivity index is 2.26. The van der Waals surface area contributed by atoms with Crippen molar-refractivity contribution < 1.29 is 9.59 Å². The number of hydrogen-bond donors (Lipinski definition) is 2. The molecule has 0 saturated heterocycles. The van der Waals surface area contributed by atoms with Crippen molar-refractivity contribution in [3.8, 4) is 0 Å². The number of benzene rings is 2. The van der Waals surface area contributed by atoms with Crippen LogP contribution in [0, 0.1) is 6.92 Å². The molecule has 0 heterocycles. The van der Waals surface area contributed by atoms with Crippen LogP contribution in [0.5, 0.6) is 0 Å². The molecule has 1 unspecified atom stereocenters. The van der Waals surface area contributed by atoms with E-state index < -0.39 is 5.54 Å². The van der Waals surface area contributed by atoms with E-state index in [1.165, 1.54) is 4.90 Å². The standard InChI is InChI=1S/C19H23N3O2/c1-13-10-11-15(12-16(13)17(23)22(3)4)21-18(24)19(2,20)14-8-6-5-7-9-14/h5-12H,20H2,1-4H3,(H,21,24). The summed E-state index contributed by atoms with van der Waals surface area (Å²) in [5.41, 5.74) is 7.72. The summed E-state index contributed by atoms with van der Waals surface area (Å²) in [6.07, 6.45) is 0. The predicted molar refractivity (Wildman–Crippen MR) is 95.8 cm³/mol. The number of anilines is 1. The van der Waals surface area contributed by atoms with Crippen molar-refractivity contribution in [1.82, 2.24) is 4.90 Å². The molecule has 0 aromatic heterocycles. The quantitative estimate of drug-likeness (QED) is 0.907. The number of nitrogens with two attached hydrogens (primary N) is 1. The smallest absolute Gasteiger partial charge is 0.253 e. The van der Waals surface area contributed by atoms with E-state index in [0.29, 0.717) is 11.3 Å². The molecule has 2 aromatic carbocycles. The normalized spacial score (nSPS) is 13.0. The van der Waals surface area contributed by atoms with E-state index in [4.69, 9.17) is 5.73 Å². The Bertz CT molecular complexity index is 752. The maximum absolute atomic E-state index is 12.6. The second-order valence-corrected chi connectivity index (χ2v) is 6.25. The maximum Gasteiger partial charge on any atom is 0.253 e. The summed E-state index contributed by atoms with van der Waals surface area (Å²) in [5.74, 6) is -0.442. The third-order valence-corrected chi connectivity index (χ3v) is 3.98. The summed E-state index contributed by atoms with van der Waals surface area (Å²) in [4.78, 5) is 26.3. The van der Waals surface area contributed by atoms with E-state index in [-0.39, 0.29) is 11.8 Å². The van der Waals surface area contributed by atoms with Crippen LogP contribution in [0.15, 0.2) is 48.5 Å². The molecule has 0 aliphatic rings. The van der Waals surface area contributed by atoms with Gasteiger partial charge in [0, 0.05) is 25.3 Å². The molecule has 24 heavy (non-hydrogen) atoms. The number of nitrogens with zero attached hydrogens (tertiary/aromatic N) is 1. The van der Waals surface area contributed by atoms with Gasteiger partial charge in [-0.05, 0) is 37.1 Å². The molecular weight excluding hydrogens is 302 g/mol. The average Bonchev–Trinajstić information content (AvgIpc) is 2.56. The van der Waals surface area contributed by atoms with Crippen molar-refractivity contribution >= 4 is 17.5 Å². The third kappa shape index (κ3) is 3.63. The average molecular weight is 325 g/mol. The summed E-state index contributed by atoms with van der Waals surface area (Å²) >= 11 is 0. The molecule has 0 fully saturated rings. The molecular formula is C19H23N3O2. The lowest BCUT2D eigenvalue weighted by Gasteiger charge is -2.24. The van der Waals surface area contributed by atoms with E-state index in [1.54, 1.807) is 33.2 Å². The minimum absolute atomic E-state index is 0.109. The SMILES string of the molecule is Cc1ccc(NC(=O)C(C)(N)c2ccccc2)cc1C(=O)N(C)C. The Hall–Kier alpha value is -2.66. The highest BCUT2D eigenvalue weighted by atomic mass is 16.2. The van der Waals surface area contributed by atoms with E-state index in [0.717, 1.165) is 11.1 Å². The largest absolute Gasteiger partial charge is 0.345 e. The monoisotopic (exact) mass is 325 g/mol. The highest BCUT2D eigenvalue weighted by Crippen LogP contribution is 2.22. The molecule has 2 amide bonds. The van der Waals surface area contributed by atoms with Crippen LogP contribution in [0.4, 0.5) is 5.69 Å². The molecule has 0 aliphatic heterocycles. The topological polar surface area (TPSA) is 75.4 Å². The molecule has 0 spiro atoms. The van der Waals surface area contributed by atoms with Crippen LogP contribution in [0.1, 0.15) is 28.4 Å². The number of nitrogens with one attached hydrogen (secondary N) is 1. The fraction of sp³-hybridized carbons (Fsp3) is 0.263. The van der Waals surface area contributed by atoms with Crippen molar-refractivity contribution in [2.75, 3.05) is 19.4 Å². The van der Waals surface area contributed by atoms with Gasteiger partial charge < -0.3 is 16.0 Å². The van der Waals surface area contributed by atoms with E-state index in [2.05, 4.69) is 5.32 Å². The van der Waals surface area contributed by atoms with E-state index in [9.17, 15) is 9.59 Å². The first-order valence-corrected chi connectivity index (χ1v) is 7.71. The van der Waals surface area contributed by atoms with Crippen LogP contribution in [0.2, 0.25) is 0 Å². The molecule has 5 nitrogen and oxygen atoms in total. The molecule has 0 radical (unpaired) electrons. The molecule has 2 aromatic rings. The van der Waals surface area contributed by atoms with E-state index in [1.807, 2.05) is 43.3 Å². The van der Waals surface area contributed by atoms with Gasteiger partial charge in [0.05, 0.1) is 0 Å². The highest BCUT2D eigenvalue weighted by Gasteiger charge is 2.30. The van der Waals surface area contributed by atoms with E-state index >= 15 is 0 Å². The van der Waals surface area contributed by atoms with Crippen LogP contribution in [-0.4, -0.2) is 30.8 Å². The van der Waals surface area contributed by atoms with Crippen molar-refractivity contribution in [1.29, 1.82) is 0 Å². The van der Waals surface area contributed by atoms with Gasteiger partial charge in [0.25, 0.3) is 5.91 Å². The Kier molecular flexibility index (Phi) is 5.04. The van der Waals surface area contributed by atoms with Crippen molar-refractivity contribution in [3.63, 3.8) is 0 Å². The van der Waals surface area contributed by atoms with Gasteiger partial charge in [-0.2, -0.15) is 0 Å². The molecule has 0 bridgehead atoms. The van der Waals surface area contributed by atoms with Gasteiger partial charge in [-0.3, -0.25) is 9.59 Å². The van der Waals surface area contributed by atoms with Crippen molar-refractivity contribution in [2.24, 2.45) is 5.73 Å². The van der Waals surface area contributed by atoms with Gasteiger partial charge >= 0.3 is 0 Å². The predicted octanol–water partition coefficient (Wildman–Crippen LogP) is 2.51. The van der Waals surface area contributed by atoms with Crippen LogP contribution in [0.25, 0.3) is 0 Å². The van der Waals surface area contributed by atoms with Gasteiger partial charge in [-0.25, -0.2) is 0 Å². The summed E-state index contributed by atoms with van der Waals surface area (Å²) in [6, 6.07) is 14.4. The lowest BCUT2D eigenvalue weighted by Crippen LogP contribution is -2.45. The number of rotatable bonds is 4. The van der Waals surface area contributed by atoms with Gasteiger partial charge in [0.2, 0.25) is 5.91 Å². The Morgan fingerprint density at radius 2 is 1.71 bits per heavy atom. The van der Waals surface area contributed by atoms with Gasteiger partial charge in [-0.15, -0.1) is 0 Å². The first kappa shape index (κ1) is 17.7. The van der Waals surface area contributed by atoms with Gasteiger partial charge in [0.1, 0.15) is 5.54 Å². The summed E-state index contributed by atoms with van der Waals surface area (Å²) < 4.78 is 0. The second-order valence-electron chi connectivity index (χ2n) is 6.25. The number of carbonyl (C=O) groups is 2. The molecule has 0 saturated carbocycles. The summed E-state index contributed by atoms with van der Waals surface area (Å²) in [7, 11) is 3.39. The second kappa shape index (κ2) is 6.84. The van der Waals surface area contributed by atoms with Crippen LogP contribution in [0.3, 0.4) is 0 Å². The van der Waals surface area contributed by atoms with Gasteiger partial charge in [0.15, 0.2) is 0 Å². The van der Waals surface area contributed by atoms with Crippen LogP contribution in [-0.2, 0) is 10.3 Å². The van der Waals surface area contributed by atoms with Crippen molar-refractivity contribution in [2.45, 2.75) is 19.4 Å². The first-order valence-electron chi connectivity index (χ1n) is 7.71. The molecule has 2 rings (SSSR count). The fourth-order valence-corrected chi connectivity index (χ4v) is 2.35. The zero-order chi connectivity index (χ0) is 17.9. The van der Waals surface area contributed by atoms with Crippen molar-refractivity contribution in [3.05, 3.63) is 65.2 Å². The van der Waals surface area contributed by atoms with Gasteiger partial charge in [-0.1, -0.05) is 36.4 Å². The minimum atomic E-state index is -1.17. The number of aryl methyl sites for hydroxylation is 1. The summed E-state index contributed by atoms with van der Waals surface area (Å²) in [5, 5.41) is 2.81. The Morgan fingerprint density at radius 3 is 2.29 bits per heavy atom. The van der Waals surface area contributed by atoms with Crippen LogP contribution >= 0.6 is 0 Å². The zero-order valence-corrected chi connectivity index (χ0v) is 14.5. The first-order chi connectivity index (χ1) is 11.2. The maximum atomic E-state index is 12.6. The molecule has 126 valence electrons. The number of amides is 2. The lowest BCUT2D eigenvalue weighted by molar-refractivity contribution is -0.120. The molecule has 3 N–H and O–H groups in total. The summed E-state index contributed by atoms with van der Waals surface area (Å²) in [6.45, 7) is 3.52. The Labute approximate surface area is 142 Å². The van der Waals surface area contributed by atoms with Crippen LogP contribution < -0.4 is 11.1 Å². The highest BCUT2D eigenvalue weighted by molar-refractivity contribution is 6.01. The zero-order valence-electron chi connectivity index (χ0n) is 14.5. The molecule has 1 atom stereocenters. The third-order valence-electron chi connectivity index (χ3n) is 3.98. The Morgan fingerprint density at radius 1 is 1.08 bits per heavy atom. The number of hydrogen-bond acceptors (Lipinski definition) is 3. The number of carbonyl (C=O) groups excluding carboxylic acids is 2. The fourth-order valence-electron chi connectivity index (χ4n) is 2.35. The molecule has 5 heteroatoms. The lowest BCUT2D eigenvalue weighted by atomic mass is 9.92. The molecule has 0 aliphatic carbocycles. The minimum Gasteiger partial charge on any atom is -0.345 e.